The minimum atomic E-state index is -0.650. The number of ether oxygens (including phenoxy) is 3. The molecule has 2 aromatic rings. The van der Waals surface area contributed by atoms with Crippen LogP contribution < -0.4 is 20.1 Å². The second-order valence-corrected chi connectivity index (χ2v) is 7.55. The first-order valence-corrected chi connectivity index (χ1v) is 10.7. The lowest BCUT2D eigenvalue weighted by atomic mass is 10.0. The molecule has 0 fully saturated rings. The molecule has 2 amide bonds. The smallest absolute Gasteiger partial charge is 0.307 e. The number of benzene rings is 2. The van der Waals surface area contributed by atoms with E-state index in [1.54, 1.807) is 18.2 Å². The van der Waals surface area contributed by atoms with Gasteiger partial charge in [0.15, 0.2) is 11.5 Å². The van der Waals surface area contributed by atoms with E-state index in [4.69, 9.17) is 14.2 Å². The summed E-state index contributed by atoms with van der Waals surface area (Å²) >= 11 is 1.11. The Morgan fingerprint density at radius 1 is 0.938 bits per heavy atom. The van der Waals surface area contributed by atoms with Crippen LogP contribution in [-0.4, -0.2) is 50.6 Å². The number of amides is 2. The molecule has 32 heavy (non-hydrogen) atoms. The zero-order valence-electron chi connectivity index (χ0n) is 18.0. The third-order valence-corrected chi connectivity index (χ3v) is 5.27. The normalized spacial score (nSPS) is 11.2. The maximum absolute atomic E-state index is 12.9. The van der Waals surface area contributed by atoms with Gasteiger partial charge in [0.1, 0.15) is 5.82 Å². The van der Waals surface area contributed by atoms with Gasteiger partial charge < -0.3 is 24.8 Å². The number of anilines is 1. The summed E-state index contributed by atoms with van der Waals surface area (Å²) in [4.78, 5) is 36.3. The van der Waals surface area contributed by atoms with E-state index in [0.29, 0.717) is 22.7 Å². The van der Waals surface area contributed by atoms with Crippen LogP contribution in [0.3, 0.4) is 0 Å². The van der Waals surface area contributed by atoms with Gasteiger partial charge >= 0.3 is 5.97 Å². The molecule has 2 aromatic carbocycles. The Morgan fingerprint density at radius 3 is 2.22 bits per heavy atom. The molecule has 2 N–H and O–H groups in total. The first-order chi connectivity index (χ1) is 15.4. The van der Waals surface area contributed by atoms with Crippen molar-refractivity contribution in [1.29, 1.82) is 0 Å². The number of thioether (sulfide) groups is 1. The number of methoxy groups -OCH3 is 3. The number of carbonyl (C=O) groups excluding carboxylic acids is 3. The maximum Gasteiger partial charge on any atom is 0.307 e. The SMILES string of the molecule is COC(=O)CC(NC(=O)CSCC(=O)Nc1ccc(F)cc1)c1ccc(OC)c(OC)c1. The molecular formula is C22H25FN2O6S. The fourth-order valence-corrected chi connectivity index (χ4v) is 3.40. The van der Waals surface area contributed by atoms with Gasteiger partial charge in [-0.1, -0.05) is 6.07 Å². The lowest BCUT2D eigenvalue weighted by Gasteiger charge is -2.19. The van der Waals surface area contributed by atoms with Crippen molar-refractivity contribution in [2.45, 2.75) is 12.5 Å². The minimum absolute atomic E-state index is 0.00179. The van der Waals surface area contributed by atoms with E-state index in [9.17, 15) is 18.8 Å². The van der Waals surface area contributed by atoms with E-state index in [1.807, 2.05) is 0 Å². The summed E-state index contributed by atoms with van der Waals surface area (Å²) in [5.74, 6) is -0.553. The van der Waals surface area contributed by atoms with Crippen LogP contribution in [0.4, 0.5) is 10.1 Å². The predicted molar refractivity (Wildman–Crippen MR) is 119 cm³/mol. The van der Waals surface area contributed by atoms with E-state index in [1.165, 1.54) is 45.6 Å². The average molecular weight is 465 g/mol. The van der Waals surface area contributed by atoms with Crippen LogP contribution in [0.25, 0.3) is 0 Å². The van der Waals surface area contributed by atoms with E-state index < -0.39 is 17.8 Å². The number of esters is 1. The highest BCUT2D eigenvalue weighted by Gasteiger charge is 2.21. The van der Waals surface area contributed by atoms with E-state index >= 15 is 0 Å². The van der Waals surface area contributed by atoms with Gasteiger partial charge in [0.2, 0.25) is 11.8 Å². The Hall–Kier alpha value is -3.27. The van der Waals surface area contributed by atoms with Gasteiger partial charge in [-0.05, 0) is 42.0 Å². The molecule has 0 radical (unpaired) electrons. The molecule has 0 saturated heterocycles. The molecule has 1 unspecified atom stereocenters. The molecule has 0 bridgehead atoms. The topological polar surface area (TPSA) is 103 Å². The van der Waals surface area contributed by atoms with Crippen molar-refractivity contribution >= 4 is 35.2 Å². The maximum atomic E-state index is 12.9. The van der Waals surface area contributed by atoms with Crippen molar-refractivity contribution in [2.75, 3.05) is 38.2 Å². The molecule has 172 valence electrons. The van der Waals surface area contributed by atoms with Crippen molar-refractivity contribution < 1.29 is 33.0 Å². The summed E-state index contributed by atoms with van der Waals surface area (Å²) in [6, 6.07) is 9.81. The largest absolute Gasteiger partial charge is 0.493 e. The molecule has 0 aromatic heterocycles. The summed E-state index contributed by atoms with van der Waals surface area (Å²) in [7, 11) is 4.27. The van der Waals surface area contributed by atoms with Crippen molar-refractivity contribution in [3.63, 3.8) is 0 Å². The van der Waals surface area contributed by atoms with Crippen LogP contribution in [0, 0.1) is 5.82 Å². The lowest BCUT2D eigenvalue weighted by molar-refractivity contribution is -0.141. The van der Waals surface area contributed by atoms with E-state index in [-0.39, 0.29) is 29.7 Å². The van der Waals surface area contributed by atoms with Gasteiger partial charge in [0, 0.05) is 5.69 Å². The van der Waals surface area contributed by atoms with Crippen LogP contribution in [0.15, 0.2) is 42.5 Å². The number of carbonyl (C=O) groups is 3. The molecule has 0 heterocycles. The summed E-state index contributed by atoms with van der Waals surface area (Å²) < 4.78 is 28.2. The molecule has 10 heteroatoms. The van der Waals surface area contributed by atoms with Gasteiger partial charge in [-0.2, -0.15) is 0 Å². The van der Waals surface area contributed by atoms with Gasteiger partial charge in [0.05, 0.1) is 45.3 Å². The molecule has 2 rings (SSSR count). The fourth-order valence-electron chi connectivity index (χ4n) is 2.77. The van der Waals surface area contributed by atoms with Gasteiger partial charge in [-0.25, -0.2) is 4.39 Å². The highest BCUT2D eigenvalue weighted by molar-refractivity contribution is 8.00. The first kappa shape index (κ1) is 25.0. The summed E-state index contributed by atoms with van der Waals surface area (Å²) in [5, 5.41) is 5.41. The first-order valence-electron chi connectivity index (χ1n) is 9.57. The van der Waals surface area contributed by atoms with Crippen LogP contribution in [0.2, 0.25) is 0 Å². The Kier molecular flexibility index (Phi) is 9.80. The molecule has 0 aliphatic carbocycles. The number of rotatable bonds is 11. The van der Waals surface area contributed by atoms with E-state index in [2.05, 4.69) is 10.6 Å². The van der Waals surface area contributed by atoms with Crippen LogP contribution in [0.5, 0.6) is 11.5 Å². The molecule has 0 aliphatic heterocycles. The van der Waals surface area contributed by atoms with Gasteiger partial charge in [0.25, 0.3) is 0 Å². The minimum Gasteiger partial charge on any atom is -0.493 e. The Balaban J connectivity index is 1.94. The van der Waals surface area contributed by atoms with Crippen molar-refractivity contribution in [3.8, 4) is 11.5 Å². The summed E-state index contributed by atoms with van der Waals surface area (Å²) in [6.45, 7) is 0. The highest BCUT2D eigenvalue weighted by atomic mass is 32.2. The quantitative estimate of drug-likeness (QED) is 0.493. The van der Waals surface area contributed by atoms with Crippen LogP contribution in [-0.2, 0) is 19.1 Å². The Bertz CT molecular complexity index is 939. The molecular weight excluding hydrogens is 439 g/mol. The lowest BCUT2D eigenvalue weighted by Crippen LogP contribution is -2.32. The number of hydrogen-bond donors (Lipinski definition) is 2. The van der Waals surface area contributed by atoms with Crippen LogP contribution in [0.1, 0.15) is 18.0 Å². The molecule has 1 atom stereocenters. The number of nitrogens with one attached hydrogen (secondary N) is 2. The highest BCUT2D eigenvalue weighted by Crippen LogP contribution is 2.31. The molecule has 0 saturated carbocycles. The standard InChI is InChI=1S/C22H25FN2O6S/c1-29-18-9-4-14(10-19(18)30-2)17(11-22(28)31-3)25-21(27)13-32-12-20(26)24-16-7-5-15(23)6-8-16/h4-10,17H,11-13H2,1-3H3,(H,24,26)(H,25,27). The third kappa shape index (κ3) is 7.77. The van der Waals surface area contributed by atoms with Crippen molar-refractivity contribution in [2.24, 2.45) is 0 Å². The van der Waals surface area contributed by atoms with Crippen molar-refractivity contribution in [1.82, 2.24) is 5.32 Å². The van der Waals surface area contributed by atoms with Crippen molar-refractivity contribution in [3.05, 3.63) is 53.8 Å². The zero-order valence-corrected chi connectivity index (χ0v) is 18.8. The molecule has 0 spiro atoms. The van der Waals surface area contributed by atoms with E-state index in [0.717, 1.165) is 11.8 Å². The third-order valence-electron chi connectivity index (χ3n) is 4.34. The van der Waals surface area contributed by atoms with Gasteiger partial charge in [-0.15, -0.1) is 11.8 Å². The van der Waals surface area contributed by atoms with Crippen LogP contribution >= 0.6 is 11.8 Å². The Labute approximate surface area is 189 Å². The Morgan fingerprint density at radius 2 is 1.59 bits per heavy atom. The van der Waals surface area contributed by atoms with Gasteiger partial charge in [-0.3, -0.25) is 14.4 Å². The molecule has 0 aliphatic rings. The monoisotopic (exact) mass is 464 g/mol. The fraction of sp³-hybridized carbons (Fsp3) is 0.318. The molecule has 8 nitrogen and oxygen atoms in total. The summed E-state index contributed by atoms with van der Waals surface area (Å²) in [5.41, 5.74) is 1.11. The second kappa shape index (κ2) is 12.6. The summed E-state index contributed by atoms with van der Waals surface area (Å²) in [6.07, 6.45) is -0.0759. The second-order valence-electron chi connectivity index (χ2n) is 6.56. The zero-order chi connectivity index (χ0) is 23.5. The number of hydrogen-bond acceptors (Lipinski definition) is 7. The number of halogens is 1. The predicted octanol–water partition coefficient (Wildman–Crippen LogP) is 2.94. The average Bonchev–Trinajstić information content (AvgIpc) is 2.79.